The average Bonchev–Trinajstić information content (AvgIpc) is 2.81. The maximum atomic E-state index is 12.1. The van der Waals surface area contributed by atoms with Crippen molar-refractivity contribution in [2.45, 2.75) is 71.9 Å². The Labute approximate surface area is 216 Å². The predicted octanol–water partition coefficient (Wildman–Crippen LogP) is 4.45. The molecule has 0 saturated carbocycles. The molecule has 3 N–H and O–H groups in total. The van der Waals surface area contributed by atoms with Crippen LogP contribution in [0.2, 0.25) is 0 Å². The second-order valence-electron chi connectivity index (χ2n) is 8.91. The minimum atomic E-state index is -1.86. The highest BCUT2D eigenvalue weighted by molar-refractivity contribution is 5.79. The highest BCUT2D eigenvalue weighted by Crippen LogP contribution is 2.31. The molecule has 0 aliphatic carbocycles. The summed E-state index contributed by atoms with van der Waals surface area (Å²) in [6, 6.07) is 4.08. The predicted molar refractivity (Wildman–Crippen MR) is 131 cm³/mol. The minimum Gasteiger partial charge on any atom is -0.480 e. The van der Waals surface area contributed by atoms with Crippen molar-refractivity contribution in [1.29, 1.82) is 0 Å². The van der Waals surface area contributed by atoms with Gasteiger partial charge in [-0.3, -0.25) is 4.79 Å². The summed E-state index contributed by atoms with van der Waals surface area (Å²) in [5, 5.41) is 9.83. The normalized spacial score (nSPS) is 13.2. The lowest BCUT2D eigenvalue weighted by atomic mass is 9.86. The maximum absolute atomic E-state index is 12.1. The Morgan fingerprint density at radius 2 is 1.46 bits per heavy atom. The smallest absolute Gasteiger partial charge is 0.480 e. The Kier molecular flexibility index (Phi) is 13.2. The van der Waals surface area contributed by atoms with Gasteiger partial charge >= 0.3 is 24.4 Å². The van der Waals surface area contributed by atoms with Gasteiger partial charge in [0, 0.05) is 12.8 Å². The zero-order valence-electron chi connectivity index (χ0n) is 21.9. The molecule has 0 amide bonds. The van der Waals surface area contributed by atoms with Gasteiger partial charge in [0.1, 0.15) is 11.6 Å². The molecule has 1 rings (SSSR count). The molecule has 12 nitrogen and oxygen atoms in total. The van der Waals surface area contributed by atoms with Crippen molar-refractivity contribution >= 4 is 24.4 Å². The molecule has 2 atom stereocenters. The number of ether oxygens (including phenoxy) is 6. The second kappa shape index (κ2) is 15.5. The van der Waals surface area contributed by atoms with Crippen molar-refractivity contribution in [3.8, 4) is 11.5 Å². The van der Waals surface area contributed by atoms with Crippen LogP contribution in [0.1, 0.15) is 59.4 Å². The van der Waals surface area contributed by atoms with Crippen LogP contribution < -0.4 is 15.2 Å². The van der Waals surface area contributed by atoms with Crippen LogP contribution in [0.15, 0.2) is 18.2 Å². The third-order valence-corrected chi connectivity index (χ3v) is 4.67. The van der Waals surface area contributed by atoms with Crippen molar-refractivity contribution in [1.82, 2.24) is 0 Å². The number of carbonyl (C=O) groups excluding carboxylic acids is 3. The summed E-state index contributed by atoms with van der Waals surface area (Å²) >= 11 is 0. The van der Waals surface area contributed by atoms with Gasteiger partial charge in [-0.25, -0.2) is 14.4 Å². The zero-order chi connectivity index (χ0) is 28.0. The molecular formula is C25H37NO11. The summed E-state index contributed by atoms with van der Waals surface area (Å²) in [5.74, 6) is -1.57. The summed E-state index contributed by atoms with van der Waals surface area (Å²) in [4.78, 5) is 47.9. The van der Waals surface area contributed by atoms with E-state index in [0.29, 0.717) is 18.4 Å². The van der Waals surface area contributed by atoms with Gasteiger partial charge in [-0.1, -0.05) is 33.8 Å². The lowest BCUT2D eigenvalue weighted by molar-refractivity contribution is -0.144. The molecular weight excluding hydrogens is 490 g/mol. The fraction of sp³-hybridized carbons (Fsp3) is 0.600. The highest BCUT2D eigenvalue weighted by Gasteiger charge is 2.37. The lowest BCUT2D eigenvalue weighted by Crippen LogP contribution is -2.52. The van der Waals surface area contributed by atoms with Crippen LogP contribution in [0.4, 0.5) is 14.4 Å². The van der Waals surface area contributed by atoms with E-state index in [1.165, 1.54) is 25.1 Å². The van der Waals surface area contributed by atoms with E-state index in [-0.39, 0.29) is 50.1 Å². The van der Waals surface area contributed by atoms with Crippen molar-refractivity contribution < 1.29 is 52.7 Å². The van der Waals surface area contributed by atoms with Gasteiger partial charge in [0.15, 0.2) is 11.5 Å². The summed E-state index contributed by atoms with van der Waals surface area (Å²) < 4.78 is 30.2. The van der Waals surface area contributed by atoms with E-state index < -0.39 is 36.1 Å². The lowest BCUT2D eigenvalue weighted by Gasteiger charge is -2.28. The maximum Gasteiger partial charge on any atom is 0.513 e. The molecule has 0 radical (unpaired) electrons. The van der Waals surface area contributed by atoms with Crippen LogP contribution in [0.5, 0.6) is 11.5 Å². The van der Waals surface area contributed by atoms with Gasteiger partial charge in [0.25, 0.3) is 0 Å². The van der Waals surface area contributed by atoms with Gasteiger partial charge in [0.2, 0.25) is 0 Å². The van der Waals surface area contributed by atoms with Crippen molar-refractivity contribution in [3.63, 3.8) is 0 Å². The first-order chi connectivity index (χ1) is 17.4. The summed E-state index contributed by atoms with van der Waals surface area (Å²) in [5.41, 5.74) is 4.67. The number of carbonyl (C=O) groups is 4. The van der Waals surface area contributed by atoms with Gasteiger partial charge in [-0.2, -0.15) is 0 Å². The molecule has 12 heteroatoms. The van der Waals surface area contributed by atoms with Crippen LogP contribution in [-0.4, -0.2) is 61.0 Å². The Bertz CT molecular complexity index is 918. The van der Waals surface area contributed by atoms with E-state index in [0.717, 1.165) is 0 Å². The van der Waals surface area contributed by atoms with Crippen LogP contribution >= 0.6 is 0 Å². The first kappa shape index (κ1) is 31.5. The molecule has 0 spiro atoms. The molecule has 0 fully saturated rings. The Morgan fingerprint density at radius 3 is 1.97 bits per heavy atom. The van der Waals surface area contributed by atoms with E-state index >= 15 is 0 Å². The van der Waals surface area contributed by atoms with Crippen LogP contribution in [0.25, 0.3) is 0 Å². The van der Waals surface area contributed by atoms with Gasteiger partial charge in [0.05, 0.1) is 19.8 Å². The summed E-state index contributed by atoms with van der Waals surface area (Å²) in [6.07, 6.45) is -3.19. The number of rotatable bonds is 14. The first-order valence-electron chi connectivity index (χ1n) is 12.1. The molecule has 1 aromatic carbocycles. The number of nitrogens with two attached hydrogens (primary N) is 1. The number of hydrogen-bond acceptors (Lipinski definition) is 11. The number of hydrogen-bond donors (Lipinski definition) is 2. The van der Waals surface area contributed by atoms with Crippen LogP contribution in [0, 0.1) is 5.92 Å². The molecule has 0 aromatic heterocycles. The fourth-order valence-corrected chi connectivity index (χ4v) is 3.02. The fourth-order valence-electron chi connectivity index (χ4n) is 3.02. The van der Waals surface area contributed by atoms with Crippen LogP contribution in [0.3, 0.4) is 0 Å². The minimum absolute atomic E-state index is 0.103. The van der Waals surface area contributed by atoms with Crippen LogP contribution in [-0.2, 0) is 30.2 Å². The quantitative estimate of drug-likeness (QED) is 0.198. The average molecular weight is 528 g/mol. The molecule has 0 aliphatic heterocycles. The monoisotopic (exact) mass is 527 g/mol. The van der Waals surface area contributed by atoms with E-state index in [1.54, 1.807) is 6.92 Å². The van der Waals surface area contributed by atoms with Crippen molar-refractivity contribution in [3.05, 3.63) is 23.8 Å². The standard InChI is InChI=1S/C25H37NO11/c1-6-10-32-22(29)36-19-9-8-18(12-20(19)37-23(30)33-11-7-2)14-25(26,21(27)28)13-17(5)35-24(31)34-15-16(3)4/h8-9,12,16-17H,6-7,10-11,13-15,26H2,1-5H3,(H,27,28)/t17-,25?/m0/s1. The largest absolute Gasteiger partial charge is 0.513 e. The number of carboxylic acid groups (broad SMARTS) is 1. The number of aliphatic carboxylic acids is 1. The third-order valence-electron chi connectivity index (χ3n) is 4.67. The Hall–Kier alpha value is -3.54. The number of benzene rings is 1. The summed E-state index contributed by atoms with van der Waals surface area (Å²) in [6.45, 7) is 9.22. The Balaban J connectivity index is 3.09. The first-order valence-corrected chi connectivity index (χ1v) is 12.1. The van der Waals surface area contributed by atoms with Gasteiger partial charge < -0.3 is 39.3 Å². The molecule has 1 aromatic rings. The van der Waals surface area contributed by atoms with Crippen molar-refractivity contribution in [2.24, 2.45) is 11.7 Å². The topological polar surface area (TPSA) is 170 Å². The molecule has 0 aliphatic rings. The molecule has 0 heterocycles. The van der Waals surface area contributed by atoms with Gasteiger partial charge in [-0.05, 0) is 43.4 Å². The van der Waals surface area contributed by atoms with Gasteiger partial charge in [-0.15, -0.1) is 0 Å². The third kappa shape index (κ3) is 11.8. The SMILES string of the molecule is CCCOC(=O)Oc1ccc(CC(N)(C[C@H](C)OC(=O)OCC(C)C)C(=O)O)cc1OC(=O)OCCC. The molecule has 208 valence electrons. The summed E-state index contributed by atoms with van der Waals surface area (Å²) in [7, 11) is 0. The van der Waals surface area contributed by atoms with E-state index in [9.17, 15) is 24.3 Å². The second-order valence-corrected chi connectivity index (χ2v) is 8.91. The van der Waals surface area contributed by atoms with E-state index in [2.05, 4.69) is 0 Å². The molecule has 1 unspecified atom stereocenters. The zero-order valence-corrected chi connectivity index (χ0v) is 21.9. The molecule has 0 bridgehead atoms. The molecule has 37 heavy (non-hydrogen) atoms. The Morgan fingerprint density at radius 1 is 0.892 bits per heavy atom. The number of carboxylic acids is 1. The highest BCUT2D eigenvalue weighted by atomic mass is 16.7. The van der Waals surface area contributed by atoms with E-state index in [4.69, 9.17) is 34.2 Å². The van der Waals surface area contributed by atoms with E-state index in [1.807, 2.05) is 20.8 Å². The molecule has 0 saturated heterocycles. The van der Waals surface area contributed by atoms with Crippen molar-refractivity contribution in [2.75, 3.05) is 19.8 Å².